The first-order valence-corrected chi connectivity index (χ1v) is 8.60. The van der Waals surface area contributed by atoms with Gasteiger partial charge in [0.05, 0.1) is 10.7 Å². The van der Waals surface area contributed by atoms with Gasteiger partial charge in [0.1, 0.15) is 11.5 Å². The minimum absolute atomic E-state index is 0.00637. The second-order valence-electron chi connectivity index (χ2n) is 6.02. The number of furan rings is 1. The summed E-state index contributed by atoms with van der Waals surface area (Å²) in [6.07, 6.45) is 0. The fraction of sp³-hybridized carbons (Fsp3) is 0.100. The van der Waals surface area contributed by atoms with E-state index in [0.29, 0.717) is 33.5 Å². The van der Waals surface area contributed by atoms with Crippen LogP contribution < -0.4 is 15.0 Å². The zero-order valence-corrected chi connectivity index (χ0v) is 15.1. The van der Waals surface area contributed by atoms with Crippen LogP contribution in [0.2, 0.25) is 5.02 Å². The molecule has 0 fully saturated rings. The molecule has 6 nitrogen and oxygen atoms in total. The van der Waals surface area contributed by atoms with E-state index in [4.69, 9.17) is 20.8 Å². The molecule has 1 aliphatic heterocycles. The van der Waals surface area contributed by atoms with Crippen molar-refractivity contribution < 1.29 is 18.7 Å². The third kappa shape index (κ3) is 3.27. The van der Waals surface area contributed by atoms with Crippen molar-refractivity contribution in [2.75, 3.05) is 23.9 Å². The molecule has 1 N–H and O–H groups in total. The van der Waals surface area contributed by atoms with E-state index in [9.17, 15) is 9.59 Å². The third-order valence-electron chi connectivity index (χ3n) is 4.27. The number of hydrogen-bond acceptors (Lipinski definition) is 4. The lowest BCUT2D eigenvalue weighted by molar-refractivity contribution is -0.120. The molecule has 0 saturated carbocycles. The van der Waals surface area contributed by atoms with E-state index < -0.39 is 5.91 Å². The summed E-state index contributed by atoms with van der Waals surface area (Å²) in [5, 5.41) is 3.31. The highest BCUT2D eigenvalue weighted by atomic mass is 35.5. The summed E-state index contributed by atoms with van der Waals surface area (Å²) >= 11 is 6.17. The van der Waals surface area contributed by atoms with E-state index >= 15 is 0 Å². The van der Waals surface area contributed by atoms with Gasteiger partial charge in [0, 0.05) is 18.3 Å². The van der Waals surface area contributed by atoms with Crippen molar-refractivity contribution in [3.63, 3.8) is 0 Å². The van der Waals surface area contributed by atoms with E-state index in [1.807, 2.05) is 18.2 Å². The molecule has 136 valence electrons. The van der Waals surface area contributed by atoms with Gasteiger partial charge in [0.2, 0.25) is 0 Å². The summed E-state index contributed by atoms with van der Waals surface area (Å²) in [4.78, 5) is 25.8. The predicted octanol–water partition coefficient (Wildman–Crippen LogP) is 4.21. The minimum atomic E-state index is -0.404. The molecule has 2 heterocycles. The molecule has 0 radical (unpaired) electrons. The van der Waals surface area contributed by atoms with Crippen LogP contribution in [-0.4, -0.2) is 25.5 Å². The molecule has 1 aliphatic rings. The molecule has 7 heteroatoms. The maximum Gasteiger partial charge on any atom is 0.291 e. The van der Waals surface area contributed by atoms with Crippen molar-refractivity contribution in [1.82, 2.24) is 0 Å². The zero-order chi connectivity index (χ0) is 19.0. The summed E-state index contributed by atoms with van der Waals surface area (Å²) < 4.78 is 11.0. The quantitative estimate of drug-likeness (QED) is 0.736. The van der Waals surface area contributed by atoms with Crippen LogP contribution in [-0.2, 0) is 4.79 Å². The van der Waals surface area contributed by atoms with Crippen molar-refractivity contribution in [2.45, 2.75) is 0 Å². The standard InChI is InChI=1S/C20H15ClN2O4/c1-23-15-10-12(6-7-17(15)26-11-19(23)24)22-20(25)18-9-8-16(27-18)13-4-2-3-5-14(13)21/h2-10H,11H2,1H3,(H,22,25). The molecular weight excluding hydrogens is 368 g/mol. The first-order valence-electron chi connectivity index (χ1n) is 8.22. The first-order chi connectivity index (χ1) is 13.0. The van der Waals surface area contributed by atoms with Crippen LogP contribution in [0.5, 0.6) is 5.75 Å². The SMILES string of the molecule is CN1C(=O)COc2ccc(NC(=O)c3ccc(-c4ccccc4Cl)o3)cc21. The molecule has 4 rings (SSSR count). The molecule has 0 unspecified atom stereocenters. The first kappa shape index (κ1) is 17.2. The van der Waals surface area contributed by atoms with Crippen LogP contribution in [0.1, 0.15) is 10.6 Å². The van der Waals surface area contributed by atoms with Crippen LogP contribution in [0.25, 0.3) is 11.3 Å². The Kier molecular flexibility index (Phi) is 4.33. The van der Waals surface area contributed by atoms with Crippen molar-refractivity contribution in [3.8, 4) is 17.1 Å². The fourth-order valence-corrected chi connectivity index (χ4v) is 3.04. The number of nitrogens with zero attached hydrogens (tertiary/aromatic N) is 1. The second-order valence-corrected chi connectivity index (χ2v) is 6.43. The smallest absolute Gasteiger partial charge is 0.291 e. The van der Waals surface area contributed by atoms with Crippen LogP contribution in [0.4, 0.5) is 11.4 Å². The van der Waals surface area contributed by atoms with Gasteiger partial charge < -0.3 is 19.4 Å². The fourth-order valence-electron chi connectivity index (χ4n) is 2.81. The monoisotopic (exact) mass is 382 g/mol. The molecule has 1 aromatic heterocycles. The normalized spacial score (nSPS) is 13.1. The van der Waals surface area contributed by atoms with Gasteiger partial charge in [-0.3, -0.25) is 9.59 Å². The highest BCUT2D eigenvalue weighted by Gasteiger charge is 2.23. The molecule has 2 aromatic carbocycles. The summed E-state index contributed by atoms with van der Waals surface area (Å²) in [6.45, 7) is 0.00637. The van der Waals surface area contributed by atoms with E-state index in [0.717, 1.165) is 0 Å². The van der Waals surface area contributed by atoms with Gasteiger partial charge in [-0.05, 0) is 42.5 Å². The zero-order valence-electron chi connectivity index (χ0n) is 14.4. The Labute approximate surface area is 160 Å². The number of likely N-dealkylation sites (N-methyl/N-ethyl adjacent to an activating group) is 1. The van der Waals surface area contributed by atoms with Crippen molar-refractivity contribution in [2.24, 2.45) is 0 Å². The number of rotatable bonds is 3. The van der Waals surface area contributed by atoms with E-state index in [1.54, 1.807) is 43.4 Å². The number of amides is 2. The molecule has 0 aliphatic carbocycles. The van der Waals surface area contributed by atoms with Crippen LogP contribution >= 0.6 is 11.6 Å². The van der Waals surface area contributed by atoms with Gasteiger partial charge in [-0.1, -0.05) is 23.7 Å². The highest BCUT2D eigenvalue weighted by molar-refractivity contribution is 6.33. The number of carbonyl (C=O) groups is 2. The van der Waals surface area contributed by atoms with Gasteiger partial charge in [-0.15, -0.1) is 0 Å². The Bertz CT molecular complexity index is 1040. The largest absolute Gasteiger partial charge is 0.482 e. The lowest BCUT2D eigenvalue weighted by Gasteiger charge is -2.26. The minimum Gasteiger partial charge on any atom is -0.482 e. The van der Waals surface area contributed by atoms with Crippen LogP contribution in [0.3, 0.4) is 0 Å². The van der Waals surface area contributed by atoms with Gasteiger partial charge in [-0.25, -0.2) is 0 Å². The van der Waals surface area contributed by atoms with Crippen molar-refractivity contribution >= 4 is 34.8 Å². The highest BCUT2D eigenvalue weighted by Crippen LogP contribution is 2.34. The topological polar surface area (TPSA) is 71.8 Å². The average molecular weight is 383 g/mol. The van der Waals surface area contributed by atoms with Gasteiger partial charge >= 0.3 is 0 Å². The molecule has 0 saturated heterocycles. The lowest BCUT2D eigenvalue weighted by atomic mass is 10.2. The average Bonchev–Trinajstić information content (AvgIpc) is 3.15. The van der Waals surface area contributed by atoms with E-state index in [-0.39, 0.29) is 18.3 Å². The number of ether oxygens (including phenoxy) is 1. The van der Waals surface area contributed by atoms with E-state index in [2.05, 4.69) is 5.32 Å². The number of hydrogen-bond donors (Lipinski definition) is 1. The van der Waals surface area contributed by atoms with Crippen molar-refractivity contribution in [1.29, 1.82) is 0 Å². The summed E-state index contributed by atoms with van der Waals surface area (Å²) in [5.41, 5.74) is 1.84. The molecule has 0 atom stereocenters. The Morgan fingerprint density at radius 3 is 2.78 bits per heavy atom. The number of fused-ring (bicyclic) bond motifs is 1. The molecule has 3 aromatic rings. The number of anilines is 2. The Morgan fingerprint density at radius 2 is 1.96 bits per heavy atom. The number of halogens is 1. The maximum absolute atomic E-state index is 12.5. The molecule has 2 amide bonds. The second kappa shape index (κ2) is 6.81. The summed E-state index contributed by atoms with van der Waals surface area (Å²) in [7, 11) is 1.66. The van der Waals surface area contributed by atoms with Gasteiger partial charge in [0.25, 0.3) is 11.8 Å². The molecule has 27 heavy (non-hydrogen) atoms. The Balaban J connectivity index is 1.55. The van der Waals surface area contributed by atoms with Crippen LogP contribution in [0, 0.1) is 0 Å². The number of benzene rings is 2. The molecule has 0 spiro atoms. The molecule has 0 bridgehead atoms. The number of nitrogens with one attached hydrogen (secondary N) is 1. The van der Waals surface area contributed by atoms with Crippen LogP contribution in [0.15, 0.2) is 59.0 Å². The van der Waals surface area contributed by atoms with Gasteiger partial charge in [0.15, 0.2) is 12.4 Å². The van der Waals surface area contributed by atoms with Crippen molar-refractivity contribution in [3.05, 3.63) is 65.4 Å². The predicted molar refractivity (Wildman–Crippen MR) is 102 cm³/mol. The third-order valence-corrected chi connectivity index (χ3v) is 4.60. The number of carbonyl (C=O) groups excluding carboxylic acids is 2. The summed E-state index contributed by atoms with van der Waals surface area (Å²) in [5.74, 6) is 0.702. The lowest BCUT2D eigenvalue weighted by Crippen LogP contribution is -2.35. The maximum atomic E-state index is 12.5. The Morgan fingerprint density at radius 1 is 1.15 bits per heavy atom. The Hall–Kier alpha value is -3.25. The van der Waals surface area contributed by atoms with Gasteiger partial charge in [-0.2, -0.15) is 0 Å². The molecular formula is C20H15ClN2O4. The summed E-state index contributed by atoms with van der Waals surface area (Å²) in [6, 6.07) is 15.6. The van der Waals surface area contributed by atoms with E-state index in [1.165, 1.54) is 4.90 Å².